The van der Waals surface area contributed by atoms with Gasteiger partial charge in [0.25, 0.3) is 0 Å². The van der Waals surface area contributed by atoms with Crippen molar-refractivity contribution in [2.45, 2.75) is 6.92 Å². The Morgan fingerprint density at radius 1 is 1.00 bits per heavy atom. The van der Waals surface area contributed by atoms with E-state index in [0.717, 1.165) is 16.6 Å². The third-order valence-electron chi connectivity index (χ3n) is 3.75. The van der Waals surface area contributed by atoms with Crippen LogP contribution in [0.2, 0.25) is 0 Å². The van der Waals surface area contributed by atoms with Gasteiger partial charge in [-0.15, -0.1) is 0 Å². The van der Waals surface area contributed by atoms with Crippen molar-refractivity contribution in [3.8, 4) is 17.2 Å². The number of imidazole rings is 1. The van der Waals surface area contributed by atoms with Crippen molar-refractivity contribution in [3.63, 3.8) is 0 Å². The van der Waals surface area contributed by atoms with Crippen LogP contribution < -0.4 is 19.6 Å². The van der Waals surface area contributed by atoms with Gasteiger partial charge in [-0.2, -0.15) is 5.10 Å². The molecule has 0 saturated carbocycles. The minimum atomic E-state index is 0.566. The monoisotopic (exact) mass is 340 g/mol. The van der Waals surface area contributed by atoms with Gasteiger partial charge in [-0.05, 0) is 30.7 Å². The fourth-order valence-corrected chi connectivity index (χ4v) is 2.49. The van der Waals surface area contributed by atoms with Crippen LogP contribution in [0.3, 0.4) is 0 Å². The number of benzene rings is 2. The van der Waals surface area contributed by atoms with E-state index in [1.165, 1.54) is 5.56 Å². The lowest BCUT2D eigenvalue weighted by molar-refractivity contribution is 0.349. The summed E-state index contributed by atoms with van der Waals surface area (Å²) in [4.78, 5) is 7.61. The molecule has 0 aliphatic heterocycles. The van der Waals surface area contributed by atoms with Crippen LogP contribution in [0, 0.1) is 6.92 Å². The predicted octanol–water partition coefficient (Wildman–Crippen LogP) is 3.34. The molecule has 3 aromatic rings. The second-order valence-electron chi connectivity index (χ2n) is 5.43. The number of nitrogens with zero attached hydrogens (tertiary/aromatic N) is 2. The third kappa shape index (κ3) is 3.50. The number of aromatic amines is 1. The van der Waals surface area contributed by atoms with Crippen LogP contribution in [0.4, 0.5) is 5.95 Å². The maximum Gasteiger partial charge on any atom is 0.222 e. The van der Waals surface area contributed by atoms with E-state index < -0.39 is 0 Å². The van der Waals surface area contributed by atoms with Gasteiger partial charge < -0.3 is 19.2 Å². The Morgan fingerprint density at radius 2 is 1.72 bits per heavy atom. The first-order chi connectivity index (χ1) is 12.1. The minimum absolute atomic E-state index is 0.566. The molecule has 0 amide bonds. The Bertz CT molecular complexity index is 918. The summed E-state index contributed by atoms with van der Waals surface area (Å²) in [5.74, 6) is 2.39. The van der Waals surface area contributed by atoms with Crippen LogP contribution >= 0.6 is 0 Å². The molecule has 130 valence electrons. The number of H-pyrrole nitrogens is 1. The molecule has 2 aromatic carbocycles. The van der Waals surface area contributed by atoms with Crippen LogP contribution in [0.25, 0.3) is 11.0 Å². The molecule has 25 heavy (non-hydrogen) atoms. The van der Waals surface area contributed by atoms with Gasteiger partial charge in [0.15, 0.2) is 11.5 Å². The summed E-state index contributed by atoms with van der Waals surface area (Å²) in [6.45, 7) is 2.04. The number of hydrogen-bond acceptors (Lipinski definition) is 6. The number of rotatable bonds is 6. The van der Waals surface area contributed by atoms with E-state index in [1.54, 1.807) is 39.7 Å². The van der Waals surface area contributed by atoms with Crippen molar-refractivity contribution < 1.29 is 14.2 Å². The van der Waals surface area contributed by atoms with Crippen molar-refractivity contribution in [1.29, 1.82) is 0 Å². The molecule has 1 aromatic heterocycles. The van der Waals surface area contributed by atoms with E-state index in [9.17, 15) is 0 Å². The lowest BCUT2D eigenvalue weighted by Gasteiger charge is -2.11. The summed E-state index contributed by atoms with van der Waals surface area (Å²) in [5, 5.41) is 4.22. The maximum absolute atomic E-state index is 5.37. The summed E-state index contributed by atoms with van der Waals surface area (Å²) < 4.78 is 16.0. The number of fused-ring (bicyclic) bond motifs is 1. The Kier molecular flexibility index (Phi) is 4.74. The topological polar surface area (TPSA) is 80.8 Å². The molecule has 0 fully saturated rings. The SMILES string of the molecule is COc1cc(OC)c(OC)cc1/C=N\Nc1nc2ccc(C)cc2[nH]1. The van der Waals surface area contributed by atoms with Gasteiger partial charge in [-0.1, -0.05) is 6.07 Å². The van der Waals surface area contributed by atoms with E-state index in [4.69, 9.17) is 14.2 Å². The number of aromatic nitrogens is 2. The Morgan fingerprint density at radius 3 is 2.44 bits per heavy atom. The lowest BCUT2D eigenvalue weighted by Crippen LogP contribution is -1.98. The highest BCUT2D eigenvalue weighted by Crippen LogP contribution is 2.33. The van der Waals surface area contributed by atoms with Crippen LogP contribution in [-0.4, -0.2) is 37.5 Å². The summed E-state index contributed by atoms with van der Waals surface area (Å²) in [6, 6.07) is 9.57. The number of nitrogens with one attached hydrogen (secondary N) is 2. The zero-order valence-corrected chi connectivity index (χ0v) is 14.6. The second-order valence-corrected chi connectivity index (χ2v) is 5.43. The standard InChI is InChI=1S/C18H20N4O3/c1-11-5-6-13-14(7-11)21-18(20-13)22-19-10-12-8-16(24-3)17(25-4)9-15(12)23-2/h5-10H,1-4H3,(H2,20,21,22)/b19-10-. The first-order valence-electron chi connectivity index (χ1n) is 7.70. The molecule has 7 heteroatoms. The van der Waals surface area contributed by atoms with Crippen molar-refractivity contribution >= 4 is 23.2 Å². The van der Waals surface area contributed by atoms with E-state index in [0.29, 0.717) is 23.2 Å². The van der Waals surface area contributed by atoms with Crippen LogP contribution in [0.5, 0.6) is 17.2 Å². The second kappa shape index (κ2) is 7.12. The number of hydrazone groups is 1. The zero-order chi connectivity index (χ0) is 17.8. The normalized spacial score (nSPS) is 11.0. The lowest BCUT2D eigenvalue weighted by atomic mass is 10.2. The summed E-state index contributed by atoms with van der Waals surface area (Å²) in [5.41, 5.74) is 6.65. The first-order valence-corrected chi connectivity index (χ1v) is 7.70. The number of methoxy groups -OCH3 is 3. The molecule has 0 spiro atoms. The van der Waals surface area contributed by atoms with Gasteiger partial charge >= 0.3 is 0 Å². The highest BCUT2D eigenvalue weighted by Gasteiger charge is 2.10. The molecule has 0 bridgehead atoms. The zero-order valence-electron chi connectivity index (χ0n) is 14.6. The molecule has 3 rings (SSSR count). The molecule has 0 atom stereocenters. The molecule has 2 N–H and O–H groups in total. The Labute approximate surface area is 145 Å². The first kappa shape index (κ1) is 16.6. The van der Waals surface area contributed by atoms with Gasteiger partial charge in [-0.25, -0.2) is 10.4 Å². The van der Waals surface area contributed by atoms with Crippen LogP contribution in [-0.2, 0) is 0 Å². The van der Waals surface area contributed by atoms with Crippen molar-refractivity contribution in [1.82, 2.24) is 9.97 Å². The molecule has 0 unspecified atom stereocenters. The minimum Gasteiger partial charge on any atom is -0.496 e. The van der Waals surface area contributed by atoms with Crippen LogP contribution in [0.15, 0.2) is 35.4 Å². The highest BCUT2D eigenvalue weighted by atomic mass is 16.5. The van der Waals surface area contributed by atoms with Crippen molar-refractivity contribution in [3.05, 3.63) is 41.5 Å². The van der Waals surface area contributed by atoms with Gasteiger partial charge in [0, 0.05) is 11.6 Å². The maximum atomic E-state index is 5.37. The number of anilines is 1. The molecule has 0 aliphatic carbocycles. The molecule has 0 saturated heterocycles. The summed E-state index contributed by atoms with van der Waals surface area (Å²) >= 11 is 0. The van der Waals surface area contributed by atoms with Crippen molar-refractivity contribution in [2.75, 3.05) is 26.8 Å². The summed E-state index contributed by atoms with van der Waals surface area (Å²) in [7, 11) is 4.75. The van der Waals surface area contributed by atoms with Gasteiger partial charge in [-0.3, -0.25) is 0 Å². The van der Waals surface area contributed by atoms with E-state index in [1.807, 2.05) is 25.1 Å². The fourth-order valence-electron chi connectivity index (χ4n) is 2.49. The van der Waals surface area contributed by atoms with E-state index in [2.05, 4.69) is 20.5 Å². The predicted molar refractivity (Wildman–Crippen MR) is 98.1 cm³/mol. The van der Waals surface area contributed by atoms with Crippen molar-refractivity contribution in [2.24, 2.45) is 5.10 Å². The fraction of sp³-hybridized carbons (Fsp3) is 0.222. The highest BCUT2D eigenvalue weighted by molar-refractivity contribution is 5.86. The average Bonchev–Trinajstić information content (AvgIpc) is 3.02. The van der Waals surface area contributed by atoms with Gasteiger partial charge in [0.05, 0.1) is 38.6 Å². The molecular weight excluding hydrogens is 320 g/mol. The molecule has 0 radical (unpaired) electrons. The smallest absolute Gasteiger partial charge is 0.222 e. The third-order valence-corrected chi connectivity index (χ3v) is 3.75. The number of ether oxygens (including phenoxy) is 3. The number of hydrogen-bond donors (Lipinski definition) is 2. The molecule has 7 nitrogen and oxygen atoms in total. The van der Waals surface area contributed by atoms with Crippen LogP contribution in [0.1, 0.15) is 11.1 Å². The number of aryl methyl sites for hydroxylation is 1. The Hall–Kier alpha value is -3.22. The summed E-state index contributed by atoms with van der Waals surface area (Å²) in [6.07, 6.45) is 1.64. The van der Waals surface area contributed by atoms with Gasteiger partial charge in [0.2, 0.25) is 5.95 Å². The Balaban J connectivity index is 1.83. The van der Waals surface area contributed by atoms with E-state index in [-0.39, 0.29) is 0 Å². The van der Waals surface area contributed by atoms with Gasteiger partial charge in [0.1, 0.15) is 5.75 Å². The molecular formula is C18H20N4O3. The largest absolute Gasteiger partial charge is 0.496 e. The quantitative estimate of drug-likeness (QED) is 0.531. The average molecular weight is 340 g/mol. The molecule has 1 heterocycles. The van der Waals surface area contributed by atoms with E-state index >= 15 is 0 Å². The molecule has 0 aliphatic rings.